The van der Waals surface area contributed by atoms with Gasteiger partial charge in [-0.15, -0.1) is 0 Å². The SMILES string of the molecule is COc1cccc(C(=O)NCC(C)CC(C)O)c1F. The molecule has 0 spiro atoms. The minimum atomic E-state index is -0.661. The van der Waals surface area contributed by atoms with Crippen LogP contribution in [0, 0.1) is 11.7 Å². The van der Waals surface area contributed by atoms with Gasteiger partial charge in [-0.3, -0.25) is 4.79 Å². The molecule has 0 radical (unpaired) electrons. The standard InChI is InChI=1S/C14H20FNO3/c1-9(7-10(2)17)8-16-14(18)11-5-4-6-12(19-3)13(11)15/h4-6,9-10,17H,7-8H2,1-3H3,(H,16,18). The summed E-state index contributed by atoms with van der Waals surface area (Å²) < 4.78 is 18.7. The van der Waals surface area contributed by atoms with E-state index in [-0.39, 0.29) is 17.2 Å². The first-order valence-electron chi connectivity index (χ1n) is 6.24. The zero-order valence-electron chi connectivity index (χ0n) is 11.4. The number of aliphatic hydroxyl groups excluding tert-OH is 1. The maximum Gasteiger partial charge on any atom is 0.254 e. The van der Waals surface area contributed by atoms with Crippen LogP contribution in [0.1, 0.15) is 30.6 Å². The lowest BCUT2D eigenvalue weighted by Gasteiger charge is -2.14. The van der Waals surface area contributed by atoms with Crippen molar-refractivity contribution < 1.29 is 19.0 Å². The van der Waals surface area contributed by atoms with E-state index < -0.39 is 17.8 Å². The normalized spacial score (nSPS) is 13.7. The highest BCUT2D eigenvalue weighted by Crippen LogP contribution is 2.19. The van der Waals surface area contributed by atoms with E-state index in [1.54, 1.807) is 13.0 Å². The van der Waals surface area contributed by atoms with Crippen LogP contribution in [0.15, 0.2) is 18.2 Å². The number of carbonyl (C=O) groups excluding carboxylic acids is 1. The number of methoxy groups -OCH3 is 1. The zero-order chi connectivity index (χ0) is 14.4. The van der Waals surface area contributed by atoms with Crippen molar-refractivity contribution in [1.82, 2.24) is 5.32 Å². The lowest BCUT2D eigenvalue weighted by Crippen LogP contribution is -2.30. The molecule has 5 heteroatoms. The van der Waals surface area contributed by atoms with Crippen LogP contribution in [0.5, 0.6) is 5.75 Å². The molecular weight excluding hydrogens is 249 g/mol. The highest BCUT2D eigenvalue weighted by Gasteiger charge is 2.16. The number of ether oxygens (including phenoxy) is 1. The Labute approximate surface area is 112 Å². The Balaban J connectivity index is 2.64. The first-order valence-corrected chi connectivity index (χ1v) is 6.24. The van der Waals surface area contributed by atoms with Crippen molar-refractivity contribution >= 4 is 5.91 Å². The molecule has 106 valence electrons. The van der Waals surface area contributed by atoms with E-state index in [0.29, 0.717) is 13.0 Å². The Kier molecular flexibility index (Phi) is 5.76. The minimum Gasteiger partial charge on any atom is -0.494 e. The number of hydrogen-bond donors (Lipinski definition) is 2. The molecule has 0 fully saturated rings. The van der Waals surface area contributed by atoms with E-state index in [1.807, 2.05) is 6.92 Å². The number of carbonyl (C=O) groups is 1. The number of benzene rings is 1. The van der Waals surface area contributed by atoms with Crippen LogP contribution in [0.4, 0.5) is 4.39 Å². The summed E-state index contributed by atoms with van der Waals surface area (Å²) in [4.78, 5) is 11.9. The smallest absolute Gasteiger partial charge is 0.254 e. The molecule has 0 saturated carbocycles. The van der Waals surface area contributed by atoms with Crippen LogP contribution in [0.2, 0.25) is 0 Å². The van der Waals surface area contributed by atoms with Gasteiger partial charge in [0.15, 0.2) is 11.6 Å². The number of halogens is 1. The average molecular weight is 269 g/mol. The number of rotatable bonds is 6. The van der Waals surface area contributed by atoms with Gasteiger partial charge in [-0.05, 0) is 31.4 Å². The Morgan fingerprint density at radius 2 is 2.16 bits per heavy atom. The fourth-order valence-corrected chi connectivity index (χ4v) is 1.87. The van der Waals surface area contributed by atoms with E-state index in [4.69, 9.17) is 4.74 Å². The third-order valence-corrected chi connectivity index (χ3v) is 2.78. The van der Waals surface area contributed by atoms with Crippen molar-refractivity contribution in [3.63, 3.8) is 0 Å². The highest BCUT2D eigenvalue weighted by molar-refractivity contribution is 5.94. The molecule has 0 saturated heterocycles. The van der Waals surface area contributed by atoms with E-state index in [1.165, 1.54) is 19.2 Å². The maximum absolute atomic E-state index is 13.8. The Morgan fingerprint density at radius 3 is 2.74 bits per heavy atom. The topological polar surface area (TPSA) is 58.6 Å². The summed E-state index contributed by atoms with van der Waals surface area (Å²) in [5.74, 6) is -0.971. The van der Waals surface area contributed by atoms with Crippen LogP contribution in [0.3, 0.4) is 0 Å². The third kappa shape index (κ3) is 4.52. The molecule has 0 aliphatic rings. The Hall–Kier alpha value is -1.62. The summed E-state index contributed by atoms with van der Waals surface area (Å²) in [5.41, 5.74) is -0.0383. The fraction of sp³-hybridized carbons (Fsp3) is 0.500. The molecule has 4 nitrogen and oxygen atoms in total. The summed E-state index contributed by atoms with van der Waals surface area (Å²) in [7, 11) is 1.35. The van der Waals surface area contributed by atoms with Crippen molar-refractivity contribution in [2.75, 3.05) is 13.7 Å². The molecule has 0 aliphatic carbocycles. The van der Waals surface area contributed by atoms with Gasteiger partial charge in [0.1, 0.15) is 0 Å². The second-order valence-electron chi connectivity index (χ2n) is 4.72. The largest absolute Gasteiger partial charge is 0.494 e. The molecule has 19 heavy (non-hydrogen) atoms. The minimum absolute atomic E-state index is 0.0383. The quantitative estimate of drug-likeness (QED) is 0.830. The first-order chi connectivity index (χ1) is 8.95. The molecule has 2 atom stereocenters. The molecule has 2 unspecified atom stereocenters. The molecule has 1 aromatic rings. The molecule has 1 rings (SSSR count). The molecule has 0 heterocycles. The molecule has 0 bridgehead atoms. The third-order valence-electron chi connectivity index (χ3n) is 2.78. The van der Waals surface area contributed by atoms with Gasteiger partial charge in [-0.25, -0.2) is 4.39 Å². The van der Waals surface area contributed by atoms with Gasteiger partial charge in [-0.2, -0.15) is 0 Å². The molecule has 1 aromatic carbocycles. The zero-order valence-corrected chi connectivity index (χ0v) is 11.4. The second kappa shape index (κ2) is 7.09. The van der Waals surface area contributed by atoms with Crippen LogP contribution < -0.4 is 10.1 Å². The van der Waals surface area contributed by atoms with Crippen LogP contribution >= 0.6 is 0 Å². The molecule has 2 N–H and O–H groups in total. The van der Waals surface area contributed by atoms with Crippen molar-refractivity contribution in [2.45, 2.75) is 26.4 Å². The maximum atomic E-state index is 13.8. The van der Waals surface area contributed by atoms with Crippen molar-refractivity contribution in [3.8, 4) is 5.75 Å². The predicted octanol–water partition coefficient (Wildman–Crippen LogP) is 1.97. The second-order valence-corrected chi connectivity index (χ2v) is 4.72. The van der Waals surface area contributed by atoms with Gasteiger partial charge >= 0.3 is 0 Å². The van der Waals surface area contributed by atoms with E-state index >= 15 is 0 Å². The first kappa shape index (κ1) is 15.4. The van der Waals surface area contributed by atoms with Gasteiger partial charge in [0.25, 0.3) is 5.91 Å². The molecule has 0 aromatic heterocycles. The van der Waals surface area contributed by atoms with Crippen LogP contribution in [-0.2, 0) is 0 Å². The summed E-state index contributed by atoms with van der Waals surface area (Å²) in [6.07, 6.45) is 0.168. The lowest BCUT2D eigenvalue weighted by molar-refractivity contribution is 0.0934. The predicted molar refractivity (Wildman–Crippen MR) is 70.7 cm³/mol. The highest BCUT2D eigenvalue weighted by atomic mass is 19.1. The van der Waals surface area contributed by atoms with Crippen molar-refractivity contribution in [3.05, 3.63) is 29.6 Å². The van der Waals surface area contributed by atoms with E-state index in [2.05, 4.69) is 5.32 Å². The van der Waals surface area contributed by atoms with Crippen molar-refractivity contribution in [2.24, 2.45) is 5.92 Å². The Morgan fingerprint density at radius 1 is 1.47 bits per heavy atom. The van der Waals surface area contributed by atoms with Gasteiger partial charge in [-0.1, -0.05) is 13.0 Å². The average Bonchev–Trinajstić information content (AvgIpc) is 2.35. The van der Waals surface area contributed by atoms with E-state index in [0.717, 1.165) is 0 Å². The molecule has 0 aliphatic heterocycles. The number of nitrogens with one attached hydrogen (secondary N) is 1. The fourth-order valence-electron chi connectivity index (χ4n) is 1.87. The number of aliphatic hydroxyl groups is 1. The van der Waals surface area contributed by atoms with Gasteiger partial charge in [0, 0.05) is 6.54 Å². The number of amides is 1. The monoisotopic (exact) mass is 269 g/mol. The van der Waals surface area contributed by atoms with Crippen LogP contribution in [-0.4, -0.2) is 30.8 Å². The van der Waals surface area contributed by atoms with E-state index in [9.17, 15) is 14.3 Å². The number of hydrogen-bond acceptors (Lipinski definition) is 3. The lowest BCUT2D eigenvalue weighted by atomic mass is 10.0. The van der Waals surface area contributed by atoms with Crippen LogP contribution in [0.25, 0.3) is 0 Å². The summed E-state index contributed by atoms with van der Waals surface area (Å²) in [6.45, 7) is 4.00. The van der Waals surface area contributed by atoms with Gasteiger partial charge in [0.2, 0.25) is 0 Å². The Bertz CT molecular complexity index is 435. The molecule has 1 amide bonds. The summed E-state index contributed by atoms with van der Waals surface area (Å²) in [6, 6.07) is 4.44. The molecular formula is C14H20FNO3. The summed E-state index contributed by atoms with van der Waals surface area (Å²) >= 11 is 0. The van der Waals surface area contributed by atoms with Gasteiger partial charge < -0.3 is 15.2 Å². The summed E-state index contributed by atoms with van der Waals surface area (Å²) in [5, 5.41) is 11.9. The van der Waals surface area contributed by atoms with Crippen molar-refractivity contribution in [1.29, 1.82) is 0 Å². The van der Waals surface area contributed by atoms with Gasteiger partial charge in [0.05, 0.1) is 18.8 Å².